The molecule has 7 heteroatoms. The van der Waals surface area contributed by atoms with Gasteiger partial charge in [-0.2, -0.15) is 0 Å². The van der Waals surface area contributed by atoms with Crippen molar-refractivity contribution < 1.29 is 19.1 Å². The molecule has 6 nitrogen and oxygen atoms in total. The fourth-order valence-corrected chi connectivity index (χ4v) is 4.87. The summed E-state index contributed by atoms with van der Waals surface area (Å²) in [4.78, 5) is 32.0. The molecule has 1 aromatic heterocycles. The number of ether oxygens (including phenoxy) is 2. The number of nitrogens with zero attached hydrogens (tertiary/aromatic N) is 2. The highest BCUT2D eigenvalue weighted by Gasteiger charge is 2.53. The Labute approximate surface area is 179 Å². The summed E-state index contributed by atoms with van der Waals surface area (Å²) in [7, 11) is 0. The number of hydrogen-bond donors (Lipinski definition) is 0. The van der Waals surface area contributed by atoms with Crippen molar-refractivity contribution in [1.82, 2.24) is 9.88 Å². The third-order valence-corrected chi connectivity index (χ3v) is 6.31. The number of rotatable bonds is 4. The van der Waals surface area contributed by atoms with E-state index in [2.05, 4.69) is 33.1 Å². The molecule has 0 aliphatic carbocycles. The predicted octanol–water partition coefficient (Wildman–Crippen LogP) is 4.95. The van der Waals surface area contributed by atoms with Crippen LogP contribution in [0.3, 0.4) is 0 Å². The lowest BCUT2D eigenvalue weighted by molar-refractivity contribution is -0.148. The van der Waals surface area contributed by atoms with Gasteiger partial charge in [0.15, 0.2) is 0 Å². The van der Waals surface area contributed by atoms with Crippen LogP contribution >= 0.6 is 11.3 Å². The van der Waals surface area contributed by atoms with Gasteiger partial charge in [-0.25, -0.2) is 14.6 Å². The fourth-order valence-electron chi connectivity index (χ4n) is 3.65. The minimum atomic E-state index is -0.646. The summed E-state index contributed by atoms with van der Waals surface area (Å²) < 4.78 is 10.9. The molecule has 0 saturated carbocycles. The molecule has 1 aromatic rings. The molecular weight excluding hydrogens is 388 g/mol. The summed E-state index contributed by atoms with van der Waals surface area (Å²) in [5, 5.41) is 3.13. The molecule has 1 fully saturated rings. The number of aromatic nitrogens is 1. The largest absolute Gasteiger partial charge is 0.464 e. The monoisotopic (exact) mass is 424 g/mol. The summed E-state index contributed by atoms with van der Waals surface area (Å²) in [6, 6.07) is -0.833. The second kappa shape index (κ2) is 8.25. The number of amides is 1. The van der Waals surface area contributed by atoms with Gasteiger partial charge in [-0.3, -0.25) is 4.90 Å². The topological polar surface area (TPSA) is 68.7 Å². The van der Waals surface area contributed by atoms with Crippen LogP contribution in [0.15, 0.2) is 5.38 Å². The summed E-state index contributed by atoms with van der Waals surface area (Å²) in [5.41, 5.74) is 0.123. The number of esters is 1. The molecule has 0 N–H and O–H groups in total. The maximum atomic E-state index is 12.9. The van der Waals surface area contributed by atoms with Crippen LogP contribution in [0, 0.1) is 5.41 Å². The van der Waals surface area contributed by atoms with Crippen LogP contribution in [0.2, 0.25) is 0 Å². The number of carbonyl (C=O) groups is 2. The summed E-state index contributed by atoms with van der Waals surface area (Å²) >= 11 is 1.64. The average Bonchev–Trinajstić information content (AvgIpc) is 3.10. The Morgan fingerprint density at radius 1 is 1.28 bits per heavy atom. The van der Waals surface area contributed by atoms with E-state index in [1.165, 1.54) is 0 Å². The van der Waals surface area contributed by atoms with E-state index >= 15 is 0 Å². The standard InChI is InChI=1S/C22H36N2O4S/c1-10-27-18(25)15-11-22(9,12-17-23-16(13-29-17)20(3,4)5)14(2)24(15)19(26)28-21(6,7)8/h13-15H,10-12H2,1-9H3/t14-,15+,22-/m1/s1. The molecule has 1 amide bonds. The van der Waals surface area contributed by atoms with Gasteiger partial charge in [-0.15, -0.1) is 11.3 Å². The molecule has 2 heterocycles. The molecule has 1 aliphatic rings. The van der Waals surface area contributed by atoms with Crippen molar-refractivity contribution in [1.29, 1.82) is 0 Å². The quantitative estimate of drug-likeness (QED) is 0.640. The van der Waals surface area contributed by atoms with Crippen molar-refractivity contribution in [3.05, 3.63) is 16.1 Å². The van der Waals surface area contributed by atoms with Gasteiger partial charge in [0.1, 0.15) is 11.6 Å². The Kier molecular flexibility index (Phi) is 6.72. The van der Waals surface area contributed by atoms with Crippen molar-refractivity contribution in [2.24, 2.45) is 5.41 Å². The maximum absolute atomic E-state index is 12.9. The summed E-state index contributed by atoms with van der Waals surface area (Å²) in [5.74, 6) is -0.372. The molecule has 3 atom stereocenters. The zero-order valence-electron chi connectivity index (χ0n) is 19.3. The van der Waals surface area contributed by atoms with E-state index in [4.69, 9.17) is 14.5 Å². The Morgan fingerprint density at radius 3 is 2.38 bits per heavy atom. The molecule has 0 bridgehead atoms. The fraction of sp³-hybridized carbons (Fsp3) is 0.773. The second-order valence-electron chi connectivity index (χ2n) is 10.2. The van der Waals surface area contributed by atoms with Crippen LogP contribution in [0.1, 0.15) is 79.4 Å². The first-order valence-corrected chi connectivity index (χ1v) is 11.2. The van der Waals surface area contributed by atoms with Crippen LogP contribution in [-0.4, -0.2) is 46.2 Å². The Bertz CT molecular complexity index is 747. The number of hydrogen-bond acceptors (Lipinski definition) is 6. The van der Waals surface area contributed by atoms with Crippen LogP contribution in [0.5, 0.6) is 0 Å². The van der Waals surface area contributed by atoms with Gasteiger partial charge in [0.05, 0.1) is 17.3 Å². The minimum absolute atomic E-state index is 0.00698. The van der Waals surface area contributed by atoms with Gasteiger partial charge >= 0.3 is 12.1 Å². The lowest BCUT2D eigenvalue weighted by atomic mass is 9.79. The lowest BCUT2D eigenvalue weighted by Crippen LogP contribution is -2.48. The van der Waals surface area contributed by atoms with Crippen LogP contribution < -0.4 is 0 Å². The van der Waals surface area contributed by atoms with Crippen LogP contribution in [0.4, 0.5) is 4.79 Å². The Hall–Kier alpha value is -1.63. The smallest absolute Gasteiger partial charge is 0.411 e. The first kappa shape index (κ1) is 23.6. The molecule has 0 aromatic carbocycles. The van der Waals surface area contributed by atoms with Crippen molar-refractivity contribution in [2.45, 2.75) is 98.3 Å². The van der Waals surface area contributed by atoms with E-state index in [9.17, 15) is 9.59 Å². The Balaban J connectivity index is 2.31. The molecule has 0 spiro atoms. The molecule has 1 aliphatic heterocycles. The van der Waals surface area contributed by atoms with Gasteiger partial charge in [-0.05, 0) is 46.5 Å². The van der Waals surface area contributed by atoms with Gasteiger partial charge in [0.2, 0.25) is 0 Å². The molecule has 0 unspecified atom stereocenters. The van der Waals surface area contributed by atoms with Crippen molar-refractivity contribution in [2.75, 3.05) is 6.61 Å². The van der Waals surface area contributed by atoms with Gasteiger partial charge in [-0.1, -0.05) is 27.7 Å². The van der Waals surface area contributed by atoms with Gasteiger partial charge in [0.25, 0.3) is 0 Å². The van der Waals surface area contributed by atoms with Crippen LogP contribution in [-0.2, 0) is 26.1 Å². The number of likely N-dealkylation sites (tertiary alicyclic amines) is 1. The first-order chi connectivity index (χ1) is 13.2. The van der Waals surface area contributed by atoms with Crippen molar-refractivity contribution in [3.8, 4) is 0 Å². The molecule has 1 saturated heterocycles. The third kappa shape index (κ3) is 5.50. The van der Waals surface area contributed by atoms with Crippen molar-refractivity contribution in [3.63, 3.8) is 0 Å². The highest BCUT2D eigenvalue weighted by molar-refractivity contribution is 7.09. The third-order valence-electron chi connectivity index (χ3n) is 5.46. The molecule has 164 valence electrons. The van der Waals surface area contributed by atoms with Crippen molar-refractivity contribution >= 4 is 23.4 Å². The molecule has 29 heavy (non-hydrogen) atoms. The van der Waals surface area contributed by atoms with E-state index in [0.717, 1.165) is 10.7 Å². The maximum Gasteiger partial charge on any atom is 0.411 e. The lowest BCUT2D eigenvalue weighted by Gasteiger charge is -2.34. The molecule has 0 radical (unpaired) electrons. The first-order valence-electron chi connectivity index (χ1n) is 10.3. The van der Waals surface area contributed by atoms with Crippen LogP contribution in [0.25, 0.3) is 0 Å². The zero-order valence-corrected chi connectivity index (χ0v) is 20.1. The van der Waals surface area contributed by atoms with E-state index < -0.39 is 17.7 Å². The summed E-state index contributed by atoms with van der Waals surface area (Å²) in [6.45, 7) is 18.1. The average molecular weight is 425 g/mol. The Morgan fingerprint density at radius 2 is 1.90 bits per heavy atom. The predicted molar refractivity (Wildman–Crippen MR) is 115 cm³/mol. The van der Waals surface area contributed by atoms with Gasteiger partial charge < -0.3 is 9.47 Å². The van der Waals surface area contributed by atoms with E-state index in [0.29, 0.717) is 12.8 Å². The minimum Gasteiger partial charge on any atom is -0.464 e. The SMILES string of the molecule is CCOC(=O)[C@@H]1C[C@](C)(Cc2nc(C(C)(C)C)cs2)[C@@H](C)N1C(=O)OC(C)(C)C. The van der Waals surface area contributed by atoms with E-state index in [-0.39, 0.29) is 29.4 Å². The van der Waals surface area contributed by atoms with Gasteiger partial charge in [0, 0.05) is 23.3 Å². The highest BCUT2D eigenvalue weighted by atomic mass is 32.1. The second-order valence-corrected chi connectivity index (χ2v) is 11.2. The number of thiazole rings is 1. The number of carbonyl (C=O) groups excluding carboxylic acids is 2. The molecule has 2 rings (SSSR count). The van der Waals surface area contributed by atoms with E-state index in [1.54, 1.807) is 23.2 Å². The zero-order chi connectivity index (χ0) is 22.2. The molecular formula is C22H36N2O4S. The summed E-state index contributed by atoms with van der Waals surface area (Å²) in [6.07, 6.45) is 0.752. The highest BCUT2D eigenvalue weighted by Crippen LogP contribution is 2.44. The van der Waals surface area contributed by atoms with E-state index in [1.807, 2.05) is 27.7 Å². The normalized spacial score (nSPS) is 25.2.